The first-order chi connectivity index (χ1) is 14.9. The Balaban J connectivity index is 1.49. The Bertz CT molecular complexity index is 1020. The van der Waals surface area contributed by atoms with Gasteiger partial charge in [0.25, 0.3) is 5.69 Å². The van der Waals surface area contributed by atoms with Crippen molar-refractivity contribution in [3.8, 4) is 0 Å². The number of sulfonamides is 1. The van der Waals surface area contributed by atoms with Gasteiger partial charge in [-0.25, -0.2) is 8.42 Å². The summed E-state index contributed by atoms with van der Waals surface area (Å²) in [7, 11) is -3.71. The van der Waals surface area contributed by atoms with E-state index in [1.54, 1.807) is 12.3 Å². The molecular weight excluding hydrogens is 418 g/mol. The molecule has 10 heteroatoms. The molecule has 0 amide bonds. The lowest BCUT2D eigenvalue weighted by atomic mass is 10.2. The molecule has 166 valence electrons. The van der Waals surface area contributed by atoms with E-state index in [0.717, 1.165) is 44.5 Å². The van der Waals surface area contributed by atoms with E-state index < -0.39 is 14.9 Å². The van der Waals surface area contributed by atoms with Crippen LogP contribution in [0.25, 0.3) is 0 Å². The summed E-state index contributed by atoms with van der Waals surface area (Å²) < 4.78 is 27.3. The van der Waals surface area contributed by atoms with Crippen LogP contribution in [0.2, 0.25) is 0 Å². The quantitative estimate of drug-likeness (QED) is 0.497. The fourth-order valence-corrected chi connectivity index (χ4v) is 5.77. The Kier molecular flexibility index (Phi) is 6.49. The third-order valence-corrected chi connectivity index (χ3v) is 7.83. The molecule has 2 aliphatic rings. The highest BCUT2D eigenvalue weighted by Crippen LogP contribution is 2.33. The van der Waals surface area contributed by atoms with Crippen molar-refractivity contribution in [2.45, 2.75) is 30.7 Å². The molecule has 2 aromatic rings. The maximum atomic E-state index is 12.9. The zero-order chi connectivity index (χ0) is 21.8. The Labute approximate surface area is 182 Å². The summed E-state index contributed by atoms with van der Waals surface area (Å²) >= 11 is 0. The molecule has 0 aliphatic carbocycles. The van der Waals surface area contributed by atoms with Gasteiger partial charge in [-0.05, 0) is 36.6 Å². The molecule has 0 N–H and O–H groups in total. The molecule has 0 bridgehead atoms. The molecule has 0 radical (unpaired) electrons. The van der Waals surface area contributed by atoms with Crippen LogP contribution in [-0.2, 0) is 16.6 Å². The second-order valence-corrected chi connectivity index (χ2v) is 9.93. The smallest absolute Gasteiger partial charge is 0.293 e. The molecule has 2 fully saturated rings. The summed E-state index contributed by atoms with van der Waals surface area (Å²) in [5.41, 5.74) is 1.46. The molecule has 0 spiro atoms. The second-order valence-electron chi connectivity index (χ2n) is 8.00. The number of benzene rings is 1. The fraction of sp³-hybridized carbons (Fsp3) is 0.476. The van der Waals surface area contributed by atoms with Crippen LogP contribution in [0.15, 0.2) is 47.6 Å². The average Bonchev–Trinajstić information content (AvgIpc) is 2.80. The Morgan fingerprint density at radius 1 is 1.00 bits per heavy atom. The van der Waals surface area contributed by atoms with Crippen LogP contribution in [0.5, 0.6) is 0 Å². The first-order valence-corrected chi connectivity index (χ1v) is 12.0. The van der Waals surface area contributed by atoms with Crippen LogP contribution in [0.3, 0.4) is 0 Å². The van der Waals surface area contributed by atoms with Gasteiger partial charge in [-0.2, -0.15) is 4.31 Å². The number of nitro benzene ring substituents is 1. The van der Waals surface area contributed by atoms with E-state index >= 15 is 0 Å². The summed E-state index contributed by atoms with van der Waals surface area (Å²) in [5.74, 6) is 0. The highest BCUT2D eigenvalue weighted by molar-refractivity contribution is 7.89. The molecule has 2 saturated heterocycles. The summed E-state index contributed by atoms with van der Waals surface area (Å²) in [6.45, 7) is 4.53. The van der Waals surface area contributed by atoms with Crippen LogP contribution in [0.4, 0.5) is 11.4 Å². The van der Waals surface area contributed by atoms with E-state index in [4.69, 9.17) is 0 Å². The van der Waals surface area contributed by atoms with Crippen LogP contribution in [0, 0.1) is 10.1 Å². The lowest BCUT2D eigenvalue weighted by Gasteiger charge is -2.35. The van der Waals surface area contributed by atoms with Crippen molar-refractivity contribution in [2.24, 2.45) is 0 Å². The normalized spacial score (nSPS) is 18.8. The van der Waals surface area contributed by atoms with Gasteiger partial charge in [0.15, 0.2) is 0 Å². The van der Waals surface area contributed by atoms with Gasteiger partial charge >= 0.3 is 0 Å². The molecule has 2 aliphatic heterocycles. The number of nitro groups is 1. The lowest BCUT2D eigenvalue weighted by molar-refractivity contribution is -0.384. The topological polar surface area (TPSA) is 99.9 Å². The predicted octanol–water partition coefficient (Wildman–Crippen LogP) is 2.49. The van der Waals surface area contributed by atoms with Crippen LogP contribution >= 0.6 is 0 Å². The van der Waals surface area contributed by atoms with Gasteiger partial charge in [0.2, 0.25) is 10.0 Å². The minimum absolute atomic E-state index is 0.0000589. The van der Waals surface area contributed by atoms with Crippen molar-refractivity contribution in [3.05, 3.63) is 58.4 Å². The summed E-state index contributed by atoms with van der Waals surface area (Å²) in [5, 5.41) is 11.8. The van der Waals surface area contributed by atoms with Gasteiger partial charge < -0.3 is 4.90 Å². The monoisotopic (exact) mass is 445 g/mol. The fourth-order valence-electron chi connectivity index (χ4n) is 4.23. The molecule has 0 unspecified atom stereocenters. The predicted molar refractivity (Wildman–Crippen MR) is 117 cm³/mol. The second kappa shape index (κ2) is 9.29. The number of aromatic nitrogens is 1. The lowest BCUT2D eigenvalue weighted by Crippen LogP contribution is -2.46. The first-order valence-electron chi connectivity index (χ1n) is 10.6. The summed E-state index contributed by atoms with van der Waals surface area (Å²) in [4.78, 5) is 19.7. The van der Waals surface area contributed by atoms with E-state index in [-0.39, 0.29) is 10.6 Å². The van der Waals surface area contributed by atoms with Gasteiger partial charge in [0.1, 0.15) is 5.69 Å². The number of pyridine rings is 1. The number of hydrogen-bond acceptors (Lipinski definition) is 7. The molecule has 0 saturated carbocycles. The van der Waals surface area contributed by atoms with E-state index in [1.807, 2.05) is 23.2 Å². The van der Waals surface area contributed by atoms with Crippen molar-refractivity contribution in [3.63, 3.8) is 0 Å². The Morgan fingerprint density at radius 2 is 1.74 bits per heavy atom. The van der Waals surface area contributed by atoms with E-state index in [9.17, 15) is 18.5 Å². The molecule has 9 nitrogen and oxygen atoms in total. The molecule has 1 aromatic carbocycles. The number of nitrogens with zero attached hydrogens (tertiary/aromatic N) is 5. The van der Waals surface area contributed by atoms with E-state index in [1.165, 1.54) is 16.4 Å². The van der Waals surface area contributed by atoms with Gasteiger partial charge in [-0.15, -0.1) is 0 Å². The van der Waals surface area contributed by atoms with Gasteiger partial charge in [-0.1, -0.05) is 12.5 Å². The minimum atomic E-state index is -3.71. The largest absolute Gasteiger partial charge is 0.363 e. The average molecular weight is 446 g/mol. The first kappa shape index (κ1) is 21.7. The minimum Gasteiger partial charge on any atom is -0.363 e. The highest BCUT2D eigenvalue weighted by atomic mass is 32.2. The SMILES string of the molecule is O=[N+]([O-])c1cc(S(=O)(=O)N2CCCCC2)ccc1N1CCN(Cc2cccnc2)CC1. The number of hydrogen-bond donors (Lipinski definition) is 0. The number of piperazine rings is 1. The maximum absolute atomic E-state index is 12.9. The standard InChI is InChI=1S/C21H27N5O4S/c27-26(28)21-15-19(31(29,30)25-9-2-1-3-10-25)6-7-20(21)24-13-11-23(12-14-24)17-18-5-4-8-22-16-18/h4-8,15-16H,1-3,9-14,17H2. The van der Waals surface area contributed by atoms with Crippen LogP contribution in [0.1, 0.15) is 24.8 Å². The van der Waals surface area contributed by atoms with Gasteiger partial charge in [-0.3, -0.25) is 20.0 Å². The zero-order valence-electron chi connectivity index (χ0n) is 17.4. The van der Waals surface area contributed by atoms with Crippen LogP contribution < -0.4 is 4.90 Å². The molecule has 3 heterocycles. The number of piperidine rings is 1. The zero-order valence-corrected chi connectivity index (χ0v) is 18.2. The molecule has 4 rings (SSSR count). The molecule has 31 heavy (non-hydrogen) atoms. The van der Waals surface area contributed by atoms with Crippen molar-refractivity contribution < 1.29 is 13.3 Å². The van der Waals surface area contributed by atoms with Crippen molar-refractivity contribution in [1.82, 2.24) is 14.2 Å². The van der Waals surface area contributed by atoms with Crippen molar-refractivity contribution in [1.29, 1.82) is 0 Å². The van der Waals surface area contributed by atoms with E-state index in [0.29, 0.717) is 31.9 Å². The third-order valence-electron chi connectivity index (χ3n) is 5.94. The molecule has 0 atom stereocenters. The molecular formula is C21H27N5O4S. The molecule has 1 aromatic heterocycles. The summed E-state index contributed by atoms with van der Waals surface area (Å²) in [6.07, 6.45) is 6.25. The third kappa shape index (κ3) is 4.86. The number of anilines is 1. The Morgan fingerprint density at radius 3 is 2.39 bits per heavy atom. The van der Waals surface area contributed by atoms with Gasteiger partial charge in [0, 0.05) is 64.3 Å². The summed E-state index contributed by atoms with van der Waals surface area (Å²) in [6, 6.07) is 8.27. The Hall–Kier alpha value is -2.56. The van der Waals surface area contributed by atoms with Crippen molar-refractivity contribution in [2.75, 3.05) is 44.2 Å². The number of rotatable bonds is 6. The van der Waals surface area contributed by atoms with Crippen molar-refractivity contribution >= 4 is 21.4 Å². The maximum Gasteiger partial charge on any atom is 0.293 e. The van der Waals surface area contributed by atoms with E-state index in [2.05, 4.69) is 9.88 Å². The highest BCUT2D eigenvalue weighted by Gasteiger charge is 2.30. The van der Waals surface area contributed by atoms with Crippen LogP contribution in [-0.4, -0.2) is 66.8 Å². The van der Waals surface area contributed by atoms with Gasteiger partial charge in [0.05, 0.1) is 9.82 Å².